The molecule has 4 aromatic rings. The Bertz CT molecular complexity index is 1950. The molecule has 44 heavy (non-hydrogen) atoms. The number of carbonyl (C=O) groups excluding carboxylic acids is 1. The first-order valence-corrected chi connectivity index (χ1v) is 15.3. The van der Waals surface area contributed by atoms with Gasteiger partial charge in [-0.2, -0.15) is 5.26 Å². The van der Waals surface area contributed by atoms with Crippen molar-refractivity contribution in [1.82, 2.24) is 4.57 Å². The van der Waals surface area contributed by atoms with Crippen LogP contribution in [0.15, 0.2) is 87.8 Å². The van der Waals surface area contributed by atoms with Gasteiger partial charge >= 0.3 is 5.97 Å². The van der Waals surface area contributed by atoms with Gasteiger partial charge in [-0.1, -0.05) is 66.6 Å². The summed E-state index contributed by atoms with van der Waals surface area (Å²) in [6.07, 6.45) is 3.01. The van der Waals surface area contributed by atoms with E-state index in [9.17, 15) is 9.59 Å². The van der Waals surface area contributed by atoms with Crippen molar-refractivity contribution in [2.75, 3.05) is 13.7 Å². The molecule has 0 saturated heterocycles. The summed E-state index contributed by atoms with van der Waals surface area (Å²) in [5.74, 6) is 0.558. The number of aromatic nitrogens is 1. The number of nitrogens with zero attached hydrogens (tertiary/aromatic N) is 3. The summed E-state index contributed by atoms with van der Waals surface area (Å²) in [6, 6.07) is 21.0. The van der Waals surface area contributed by atoms with Gasteiger partial charge in [0.15, 0.2) is 4.80 Å². The topological polar surface area (TPSA) is 103 Å². The van der Waals surface area contributed by atoms with Crippen molar-refractivity contribution in [2.45, 2.75) is 39.3 Å². The van der Waals surface area contributed by atoms with Crippen LogP contribution >= 0.6 is 22.9 Å². The number of esters is 1. The molecule has 8 nitrogen and oxygen atoms in total. The van der Waals surface area contributed by atoms with Crippen LogP contribution in [0.1, 0.15) is 55.0 Å². The number of nitriles is 1. The van der Waals surface area contributed by atoms with Gasteiger partial charge in [-0.3, -0.25) is 9.36 Å². The number of hydrogen-bond acceptors (Lipinski definition) is 8. The molecule has 0 bridgehead atoms. The molecule has 1 atom stereocenters. The predicted molar refractivity (Wildman–Crippen MR) is 170 cm³/mol. The molecular formula is C34H30ClN3O5S. The second-order valence-electron chi connectivity index (χ2n) is 9.94. The van der Waals surface area contributed by atoms with Crippen LogP contribution in [0.3, 0.4) is 0 Å². The third-order valence-corrected chi connectivity index (χ3v) is 8.28. The Morgan fingerprint density at radius 2 is 1.89 bits per heavy atom. The van der Waals surface area contributed by atoms with Gasteiger partial charge in [0.1, 0.15) is 24.1 Å². The van der Waals surface area contributed by atoms with E-state index in [4.69, 9.17) is 36.1 Å². The summed E-state index contributed by atoms with van der Waals surface area (Å²) in [5, 5.41) is 9.56. The number of ether oxygens (including phenoxy) is 3. The summed E-state index contributed by atoms with van der Waals surface area (Å²) in [7, 11) is 1.56. The minimum atomic E-state index is -0.795. The third kappa shape index (κ3) is 6.32. The maximum atomic E-state index is 14.2. The number of thiazole rings is 1. The van der Waals surface area contributed by atoms with Crippen LogP contribution < -0.4 is 24.4 Å². The molecule has 0 spiro atoms. The largest absolute Gasteiger partial charge is 0.496 e. The van der Waals surface area contributed by atoms with Crippen molar-refractivity contribution in [2.24, 2.45) is 4.99 Å². The highest BCUT2D eigenvalue weighted by Gasteiger charge is 2.35. The Labute approximate surface area is 263 Å². The van der Waals surface area contributed by atoms with Gasteiger partial charge in [0, 0.05) is 16.1 Å². The van der Waals surface area contributed by atoms with E-state index in [1.807, 2.05) is 37.3 Å². The van der Waals surface area contributed by atoms with E-state index in [1.54, 1.807) is 61.1 Å². The van der Waals surface area contributed by atoms with Crippen molar-refractivity contribution in [3.63, 3.8) is 0 Å². The molecule has 0 amide bonds. The first-order valence-electron chi connectivity index (χ1n) is 14.1. The SMILES string of the molecule is CCCC1=C(C(=O)OCC)[C@@H](c2ccccc2OC)n2c(s/c(=C/c3cc(Cl)ccc3OCc3ccc(C#N)cc3)c2=O)=N1. The maximum absolute atomic E-state index is 14.2. The first-order chi connectivity index (χ1) is 21.4. The molecule has 10 heteroatoms. The molecular weight excluding hydrogens is 598 g/mol. The number of benzene rings is 3. The van der Waals surface area contributed by atoms with Gasteiger partial charge < -0.3 is 14.2 Å². The molecule has 0 unspecified atom stereocenters. The lowest BCUT2D eigenvalue weighted by Gasteiger charge is -2.26. The Morgan fingerprint density at radius 3 is 2.59 bits per heavy atom. The van der Waals surface area contributed by atoms with Crippen molar-refractivity contribution < 1.29 is 19.0 Å². The number of hydrogen-bond donors (Lipinski definition) is 0. The van der Waals surface area contributed by atoms with Crippen LogP contribution in [0.5, 0.6) is 11.5 Å². The number of carbonyl (C=O) groups is 1. The highest BCUT2D eigenvalue weighted by atomic mass is 35.5. The van der Waals surface area contributed by atoms with Crippen molar-refractivity contribution in [3.8, 4) is 17.6 Å². The fraction of sp³-hybridized carbons (Fsp3) is 0.235. The Hall–Kier alpha value is -4.65. The van der Waals surface area contributed by atoms with Crippen molar-refractivity contribution in [3.05, 3.63) is 125 Å². The number of para-hydroxylation sites is 1. The minimum Gasteiger partial charge on any atom is -0.496 e. The summed E-state index contributed by atoms with van der Waals surface area (Å²) in [6.45, 7) is 4.20. The van der Waals surface area contributed by atoms with E-state index in [0.717, 1.165) is 12.0 Å². The second kappa shape index (κ2) is 13.8. The smallest absolute Gasteiger partial charge is 0.338 e. The van der Waals surface area contributed by atoms with Gasteiger partial charge in [-0.15, -0.1) is 0 Å². The highest BCUT2D eigenvalue weighted by molar-refractivity contribution is 7.07. The van der Waals surface area contributed by atoms with E-state index in [2.05, 4.69) is 6.07 Å². The fourth-order valence-electron chi connectivity index (χ4n) is 5.05. The number of allylic oxidation sites excluding steroid dienone is 1. The van der Waals surface area contributed by atoms with Gasteiger partial charge in [0.2, 0.25) is 0 Å². The number of methoxy groups -OCH3 is 1. The van der Waals surface area contributed by atoms with Crippen LogP contribution in [0.4, 0.5) is 0 Å². The third-order valence-electron chi connectivity index (χ3n) is 7.06. The second-order valence-corrected chi connectivity index (χ2v) is 11.4. The van der Waals surface area contributed by atoms with Crippen molar-refractivity contribution in [1.29, 1.82) is 5.26 Å². The van der Waals surface area contributed by atoms with Gasteiger partial charge in [0.25, 0.3) is 5.56 Å². The van der Waals surface area contributed by atoms with Crippen LogP contribution in [-0.4, -0.2) is 24.3 Å². The molecule has 0 fully saturated rings. The Kier molecular flexibility index (Phi) is 9.63. The minimum absolute atomic E-state index is 0.185. The maximum Gasteiger partial charge on any atom is 0.338 e. The van der Waals surface area contributed by atoms with Gasteiger partial charge in [-0.25, -0.2) is 9.79 Å². The summed E-state index contributed by atoms with van der Waals surface area (Å²) < 4.78 is 19.2. The van der Waals surface area contributed by atoms with E-state index in [0.29, 0.717) is 60.2 Å². The van der Waals surface area contributed by atoms with Gasteiger partial charge in [0.05, 0.1) is 41.2 Å². The average Bonchev–Trinajstić information content (AvgIpc) is 3.34. The zero-order chi connectivity index (χ0) is 31.2. The van der Waals surface area contributed by atoms with E-state index < -0.39 is 12.0 Å². The zero-order valence-corrected chi connectivity index (χ0v) is 26.1. The van der Waals surface area contributed by atoms with Crippen LogP contribution in [0.25, 0.3) is 6.08 Å². The molecule has 0 radical (unpaired) electrons. The predicted octanol–water partition coefficient (Wildman–Crippen LogP) is 5.69. The molecule has 0 saturated carbocycles. The quantitative estimate of drug-likeness (QED) is 0.209. The molecule has 1 aliphatic rings. The first kappa shape index (κ1) is 30.8. The lowest BCUT2D eigenvalue weighted by molar-refractivity contribution is -0.139. The van der Waals surface area contributed by atoms with E-state index in [-0.39, 0.29) is 18.8 Å². The van der Waals surface area contributed by atoms with Crippen LogP contribution in [0, 0.1) is 11.3 Å². The summed E-state index contributed by atoms with van der Waals surface area (Å²) in [5.41, 5.74) is 3.31. The van der Waals surface area contributed by atoms with Crippen LogP contribution in [0.2, 0.25) is 5.02 Å². The molecule has 2 heterocycles. The average molecular weight is 628 g/mol. The van der Waals surface area contributed by atoms with Crippen LogP contribution in [-0.2, 0) is 16.1 Å². The van der Waals surface area contributed by atoms with E-state index >= 15 is 0 Å². The van der Waals surface area contributed by atoms with Gasteiger partial charge in [-0.05, 0) is 61.4 Å². The lowest BCUT2D eigenvalue weighted by Crippen LogP contribution is -2.40. The van der Waals surface area contributed by atoms with E-state index in [1.165, 1.54) is 11.3 Å². The number of halogens is 1. The Balaban J connectivity index is 1.65. The Morgan fingerprint density at radius 1 is 1.11 bits per heavy atom. The monoisotopic (exact) mass is 627 g/mol. The summed E-state index contributed by atoms with van der Waals surface area (Å²) in [4.78, 5) is 32.9. The molecule has 5 rings (SSSR count). The standard InChI is InChI=1S/C34H30ClN3O5S/c1-4-8-26-30(33(40)42-5-2)31(25-9-6-7-10-28(25)41-3)38-32(39)29(44-34(38)37-26)18-23-17-24(35)15-16-27(23)43-20-22-13-11-21(19-36)12-14-22/h6-7,9-18,31H,4-5,8,20H2,1-3H3/b29-18+/t31-/m1/s1. The highest BCUT2D eigenvalue weighted by Crippen LogP contribution is 2.37. The normalized spacial score (nSPS) is 14.4. The number of fused-ring (bicyclic) bond motifs is 1. The molecule has 224 valence electrons. The molecule has 0 aliphatic carbocycles. The molecule has 3 aromatic carbocycles. The number of rotatable bonds is 10. The fourth-order valence-corrected chi connectivity index (χ4v) is 6.24. The lowest BCUT2D eigenvalue weighted by atomic mass is 9.93. The molecule has 1 aliphatic heterocycles. The molecule has 0 N–H and O–H groups in total. The van der Waals surface area contributed by atoms with Crippen molar-refractivity contribution >= 4 is 35.0 Å². The summed E-state index contributed by atoms with van der Waals surface area (Å²) >= 11 is 7.60. The zero-order valence-electron chi connectivity index (χ0n) is 24.5. The molecule has 1 aromatic heterocycles.